The van der Waals surface area contributed by atoms with Crippen molar-refractivity contribution in [2.75, 3.05) is 5.32 Å². The molecule has 5 heteroatoms. The summed E-state index contributed by atoms with van der Waals surface area (Å²) in [7, 11) is 1.93. The normalized spacial score (nSPS) is 12.5. The summed E-state index contributed by atoms with van der Waals surface area (Å²) in [6.07, 6.45) is 2.03. The van der Waals surface area contributed by atoms with Gasteiger partial charge in [-0.2, -0.15) is 5.10 Å². The van der Waals surface area contributed by atoms with E-state index < -0.39 is 0 Å². The molecular formula is C13H17ClN4. The van der Waals surface area contributed by atoms with Crippen molar-refractivity contribution in [3.8, 4) is 0 Å². The van der Waals surface area contributed by atoms with E-state index >= 15 is 0 Å². The fourth-order valence-corrected chi connectivity index (χ4v) is 2.23. The highest BCUT2D eigenvalue weighted by Crippen LogP contribution is 2.23. The Kier molecular flexibility index (Phi) is 3.57. The number of aryl methyl sites for hydroxylation is 3. The number of rotatable bonds is 3. The first kappa shape index (κ1) is 12.9. The first-order chi connectivity index (χ1) is 8.47. The van der Waals surface area contributed by atoms with Gasteiger partial charge in [0.05, 0.1) is 23.1 Å². The molecule has 2 rings (SSSR count). The van der Waals surface area contributed by atoms with Gasteiger partial charge in [0.1, 0.15) is 5.15 Å². The second kappa shape index (κ2) is 4.98. The molecule has 0 aromatic carbocycles. The number of hydrogen-bond donors (Lipinski definition) is 1. The summed E-state index contributed by atoms with van der Waals surface area (Å²) < 4.78 is 1.83. The third-order valence-electron chi connectivity index (χ3n) is 2.94. The van der Waals surface area contributed by atoms with E-state index in [1.54, 1.807) is 6.07 Å². The third-order valence-corrected chi connectivity index (χ3v) is 3.15. The molecule has 0 aliphatic carbocycles. The van der Waals surface area contributed by atoms with Crippen molar-refractivity contribution in [2.24, 2.45) is 7.05 Å². The zero-order chi connectivity index (χ0) is 13.3. The van der Waals surface area contributed by atoms with E-state index in [0.717, 1.165) is 17.1 Å². The summed E-state index contributed by atoms with van der Waals surface area (Å²) in [5.74, 6) is 0. The zero-order valence-corrected chi connectivity index (χ0v) is 11.8. The molecule has 0 fully saturated rings. The number of pyridine rings is 1. The monoisotopic (exact) mass is 264 g/mol. The minimum Gasteiger partial charge on any atom is -0.377 e. The fraction of sp³-hybridized carbons (Fsp3) is 0.385. The largest absolute Gasteiger partial charge is 0.377 e. The van der Waals surface area contributed by atoms with Crippen molar-refractivity contribution in [1.82, 2.24) is 14.8 Å². The fourth-order valence-electron chi connectivity index (χ4n) is 2.04. The Bertz CT molecular complexity index is 562. The SMILES string of the molecule is Cc1nc(Cl)ccc1NC(C)c1cn(C)nc1C. The van der Waals surface area contributed by atoms with E-state index in [1.807, 2.05) is 37.8 Å². The molecular weight excluding hydrogens is 248 g/mol. The van der Waals surface area contributed by atoms with Crippen LogP contribution in [0.4, 0.5) is 5.69 Å². The summed E-state index contributed by atoms with van der Waals surface area (Å²) in [6.45, 7) is 6.07. The summed E-state index contributed by atoms with van der Waals surface area (Å²) >= 11 is 5.85. The highest BCUT2D eigenvalue weighted by Gasteiger charge is 2.12. The average Bonchev–Trinajstić information content (AvgIpc) is 2.62. The quantitative estimate of drug-likeness (QED) is 0.866. The maximum atomic E-state index is 5.85. The van der Waals surface area contributed by atoms with Gasteiger partial charge < -0.3 is 5.32 Å². The number of nitrogens with zero attached hydrogens (tertiary/aromatic N) is 3. The van der Waals surface area contributed by atoms with Crippen molar-refractivity contribution >= 4 is 17.3 Å². The van der Waals surface area contributed by atoms with Crippen LogP contribution in [-0.4, -0.2) is 14.8 Å². The van der Waals surface area contributed by atoms with Gasteiger partial charge in [-0.25, -0.2) is 4.98 Å². The summed E-state index contributed by atoms with van der Waals surface area (Å²) in [5, 5.41) is 8.30. The van der Waals surface area contributed by atoms with Gasteiger partial charge in [-0.05, 0) is 32.9 Å². The second-order valence-electron chi connectivity index (χ2n) is 4.48. The Morgan fingerprint density at radius 1 is 1.28 bits per heavy atom. The van der Waals surface area contributed by atoms with Crippen molar-refractivity contribution in [1.29, 1.82) is 0 Å². The molecule has 1 atom stereocenters. The minimum atomic E-state index is 0.181. The van der Waals surface area contributed by atoms with Crippen molar-refractivity contribution in [3.05, 3.63) is 40.4 Å². The van der Waals surface area contributed by atoms with Gasteiger partial charge in [0.15, 0.2) is 0 Å². The molecule has 2 heterocycles. The third kappa shape index (κ3) is 2.64. The first-order valence-corrected chi connectivity index (χ1v) is 6.25. The Labute approximate surface area is 112 Å². The molecule has 0 amide bonds. The molecule has 18 heavy (non-hydrogen) atoms. The zero-order valence-electron chi connectivity index (χ0n) is 11.0. The van der Waals surface area contributed by atoms with E-state index in [2.05, 4.69) is 22.3 Å². The van der Waals surface area contributed by atoms with Crippen LogP contribution in [-0.2, 0) is 7.05 Å². The van der Waals surface area contributed by atoms with Crippen LogP contribution >= 0.6 is 11.6 Å². The molecule has 0 bridgehead atoms. The summed E-state index contributed by atoms with van der Waals surface area (Å²) in [6, 6.07) is 3.92. The van der Waals surface area contributed by atoms with E-state index in [0.29, 0.717) is 5.15 Å². The van der Waals surface area contributed by atoms with Crippen LogP contribution < -0.4 is 5.32 Å². The van der Waals surface area contributed by atoms with Crippen LogP contribution in [0.25, 0.3) is 0 Å². The van der Waals surface area contributed by atoms with Gasteiger partial charge in [0.2, 0.25) is 0 Å². The Morgan fingerprint density at radius 2 is 2.00 bits per heavy atom. The number of anilines is 1. The smallest absolute Gasteiger partial charge is 0.129 e. The van der Waals surface area contributed by atoms with Crippen LogP contribution in [0.3, 0.4) is 0 Å². The van der Waals surface area contributed by atoms with Crippen molar-refractivity contribution < 1.29 is 0 Å². The molecule has 0 aliphatic rings. The van der Waals surface area contributed by atoms with Crippen LogP contribution in [0, 0.1) is 13.8 Å². The first-order valence-electron chi connectivity index (χ1n) is 5.87. The molecule has 0 saturated heterocycles. The standard InChI is InChI=1S/C13H17ClN4/c1-8(11-7-18(4)17-9(11)2)15-12-5-6-13(14)16-10(12)3/h5-8,15H,1-4H3. The molecule has 0 radical (unpaired) electrons. The topological polar surface area (TPSA) is 42.7 Å². The summed E-state index contributed by atoms with van der Waals surface area (Å²) in [4.78, 5) is 4.23. The highest BCUT2D eigenvalue weighted by atomic mass is 35.5. The molecule has 0 spiro atoms. The lowest BCUT2D eigenvalue weighted by Crippen LogP contribution is -2.08. The average molecular weight is 265 g/mol. The molecule has 2 aromatic rings. The van der Waals surface area contributed by atoms with Gasteiger partial charge in [-0.15, -0.1) is 0 Å². The molecule has 4 nitrogen and oxygen atoms in total. The summed E-state index contributed by atoms with van der Waals surface area (Å²) in [5.41, 5.74) is 4.12. The Morgan fingerprint density at radius 3 is 2.56 bits per heavy atom. The van der Waals surface area contributed by atoms with Crippen LogP contribution in [0.15, 0.2) is 18.3 Å². The van der Waals surface area contributed by atoms with Crippen LogP contribution in [0.1, 0.15) is 29.9 Å². The number of hydrogen-bond acceptors (Lipinski definition) is 3. The lowest BCUT2D eigenvalue weighted by atomic mass is 10.1. The van der Waals surface area contributed by atoms with E-state index in [4.69, 9.17) is 11.6 Å². The predicted molar refractivity (Wildman–Crippen MR) is 74.0 cm³/mol. The van der Waals surface area contributed by atoms with Gasteiger partial charge in [-0.1, -0.05) is 11.6 Å². The number of halogens is 1. The predicted octanol–water partition coefficient (Wildman–Crippen LogP) is 3.26. The highest BCUT2D eigenvalue weighted by molar-refractivity contribution is 6.29. The van der Waals surface area contributed by atoms with E-state index in [-0.39, 0.29) is 6.04 Å². The second-order valence-corrected chi connectivity index (χ2v) is 4.86. The van der Waals surface area contributed by atoms with E-state index in [9.17, 15) is 0 Å². The molecule has 0 saturated carbocycles. The maximum absolute atomic E-state index is 5.85. The molecule has 96 valence electrons. The van der Waals surface area contributed by atoms with E-state index in [1.165, 1.54) is 5.56 Å². The molecule has 0 aliphatic heterocycles. The molecule has 2 aromatic heterocycles. The Balaban J connectivity index is 2.21. The Hall–Kier alpha value is -1.55. The van der Waals surface area contributed by atoms with Gasteiger partial charge in [0, 0.05) is 18.8 Å². The van der Waals surface area contributed by atoms with Crippen molar-refractivity contribution in [2.45, 2.75) is 26.8 Å². The van der Waals surface area contributed by atoms with Gasteiger partial charge >= 0.3 is 0 Å². The van der Waals surface area contributed by atoms with Crippen LogP contribution in [0.2, 0.25) is 5.15 Å². The maximum Gasteiger partial charge on any atom is 0.129 e. The van der Waals surface area contributed by atoms with Crippen LogP contribution in [0.5, 0.6) is 0 Å². The van der Waals surface area contributed by atoms with Crippen molar-refractivity contribution in [3.63, 3.8) is 0 Å². The number of nitrogens with one attached hydrogen (secondary N) is 1. The number of aromatic nitrogens is 3. The lowest BCUT2D eigenvalue weighted by molar-refractivity contribution is 0.756. The molecule has 1 N–H and O–H groups in total. The molecule has 1 unspecified atom stereocenters. The minimum absolute atomic E-state index is 0.181. The lowest BCUT2D eigenvalue weighted by Gasteiger charge is -2.16. The van der Waals surface area contributed by atoms with Gasteiger partial charge in [0.25, 0.3) is 0 Å². The van der Waals surface area contributed by atoms with Gasteiger partial charge in [-0.3, -0.25) is 4.68 Å².